The lowest BCUT2D eigenvalue weighted by atomic mass is 9.93. The van der Waals surface area contributed by atoms with E-state index < -0.39 is 0 Å². The molecular formula is C11H13NO. The molecule has 0 saturated carbocycles. The van der Waals surface area contributed by atoms with Crippen LogP contribution in [0.5, 0.6) is 0 Å². The van der Waals surface area contributed by atoms with E-state index in [1.807, 2.05) is 6.07 Å². The van der Waals surface area contributed by atoms with Gasteiger partial charge in [0.05, 0.1) is 6.10 Å². The van der Waals surface area contributed by atoms with Crippen molar-refractivity contribution in [2.75, 3.05) is 11.9 Å². The third-order valence-electron chi connectivity index (χ3n) is 3.22. The van der Waals surface area contributed by atoms with E-state index in [4.69, 9.17) is 0 Å². The highest BCUT2D eigenvalue weighted by Crippen LogP contribution is 2.47. The van der Waals surface area contributed by atoms with Crippen LogP contribution in [0.15, 0.2) is 18.2 Å². The van der Waals surface area contributed by atoms with Crippen LogP contribution in [0.2, 0.25) is 0 Å². The van der Waals surface area contributed by atoms with E-state index in [1.165, 1.54) is 17.7 Å². The number of hydrogen-bond donors (Lipinski definition) is 2. The quantitative estimate of drug-likeness (QED) is 0.632. The van der Waals surface area contributed by atoms with E-state index in [9.17, 15) is 5.11 Å². The Morgan fingerprint density at radius 2 is 2.31 bits per heavy atom. The molecule has 68 valence electrons. The second-order valence-corrected chi connectivity index (χ2v) is 3.97. The number of hydrogen-bond acceptors (Lipinski definition) is 2. The molecule has 1 aliphatic carbocycles. The summed E-state index contributed by atoms with van der Waals surface area (Å²) in [6, 6.07) is 6.19. The standard InChI is InChI=1S/C11H13NO/c13-10-6-7-4-5-12-9-3-1-2-8(10)11(7)9/h1-3,7,10,12-13H,4-6H2/t7-,10+/m1/s1. The maximum Gasteiger partial charge on any atom is 0.0799 e. The molecule has 0 aromatic heterocycles. The summed E-state index contributed by atoms with van der Waals surface area (Å²) >= 11 is 0. The Labute approximate surface area is 77.6 Å². The molecule has 1 heterocycles. The molecular weight excluding hydrogens is 162 g/mol. The number of rotatable bonds is 0. The van der Waals surface area contributed by atoms with Crippen molar-refractivity contribution >= 4 is 5.69 Å². The molecule has 0 amide bonds. The molecule has 0 spiro atoms. The van der Waals surface area contributed by atoms with E-state index in [0.717, 1.165) is 18.5 Å². The lowest BCUT2D eigenvalue weighted by Gasteiger charge is -2.22. The Hall–Kier alpha value is -1.02. The first-order chi connectivity index (χ1) is 6.36. The van der Waals surface area contributed by atoms with Crippen LogP contribution in [-0.2, 0) is 0 Å². The van der Waals surface area contributed by atoms with Gasteiger partial charge in [0.2, 0.25) is 0 Å². The first kappa shape index (κ1) is 7.39. The number of benzene rings is 1. The fourth-order valence-corrected chi connectivity index (χ4v) is 2.64. The molecule has 0 unspecified atom stereocenters. The Kier molecular flexibility index (Phi) is 1.41. The smallest absolute Gasteiger partial charge is 0.0799 e. The lowest BCUT2D eigenvalue weighted by Crippen LogP contribution is -2.14. The first-order valence-electron chi connectivity index (χ1n) is 4.91. The molecule has 0 bridgehead atoms. The molecule has 2 atom stereocenters. The fourth-order valence-electron chi connectivity index (χ4n) is 2.64. The molecule has 1 aliphatic heterocycles. The molecule has 2 nitrogen and oxygen atoms in total. The Balaban J connectivity index is 2.22. The van der Waals surface area contributed by atoms with Gasteiger partial charge in [-0.2, -0.15) is 0 Å². The number of aliphatic hydroxyl groups excluding tert-OH is 1. The second kappa shape index (κ2) is 2.48. The van der Waals surface area contributed by atoms with Gasteiger partial charge in [0.15, 0.2) is 0 Å². The predicted octanol–water partition coefficient (Wildman–Crippen LogP) is 2.02. The maximum atomic E-state index is 9.81. The normalized spacial score (nSPS) is 29.6. The molecule has 2 N–H and O–H groups in total. The van der Waals surface area contributed by atoms with Crippen molar-refractivity contribution in [3.8, 4) is 0 Å². The first-order valence-corrected chi connectivity index (χ1v) is 4.91. The Morgan fingerprint density at radius 1 is 1.38 bits per heavy atom. The van der Waals surface area contributed by atoms with Crippen LogP contribution in [0, 0.1) is 0 Å². The largest absolute Gasteiger partial charge is 0.388 e. The van der Waals surface area contributed by atoms with Crippen LogP contribution >= 0.6 is 0 Å². The van der Waals surface area contributed by atoms with E-state index in [1.54, 1.807) is 0 Å². The minimum absolute atomic E-state index is 0.222. The fraction of sp³-hybridized carbons (Fsp3) is 0.455. The van der Waals surface area contributed by atoms with Crippen LogP contribution in [0.3, 0.4) is 0 Å². The van der Waals surface area contributed by atoms with Gasteiger partial charge in [-0.3, -0.25) is 0 Å². The zero-order valence-corrected chi connectivity index (χ0v) is 7.46. The van der Waals surface area contributed by atoms with E-state index in [-0.39, 0.29) is 6.10 Å². The van der Waals surface area contributed by atoms with E-state index in [0.29, 0.717) is 5.92 Å². The molecule has 3 rings (SSSR count). The second-order valence-electron chi connectivity index (χ2n) is 3.97. The Morgan fingerprint density at radius 3 is 3.23 bits per heavy atom. The average molecular weight is 175 g/mol. The Bertz CT molecular complexity index is 348. The summed E-state index contributed by atoms with van der Waals surface area (Å²) in [6.07, 6.45) is 1.87. The van der Waals surface area contributed by atoms with Crippen molar-refractivity contribution < 1.29 is 5.11 Å². The van der Waals surface area contributed by atoms with Crippen LogP contribution in [0.1, 0.15) is 36.0 Å². The summed E-state index contributed by atoms with van der Waals surface area (Å²) in [5.74, 6) is 0.599. The van der Waals surface area contributed by atoms with Gasteiger partial charge in [0.25, 0.3) is 0 Å². The molecule has 0 radical (unpaired) electrons. The van der Waals surface area contributed by atoms with Gasteiger partial charge in [0.1, 0.15) is 0 Å². The summed E-state index contributed by atoms with van der Waals surface area (Å²) in [5.41, 5.74) is 3.77. The topological polar surface area (TPSA) is 32.3 Å². The molecule has 2 heteroatoms. The highest BCUT2D eigenvalue weighted by molar-refractivity contribution is 5.60. The molecule has 1 aromatic rings. The highest BCUT2D eigenvalue weighted by Gasteiger charge is 2.33. The van der Waals surface area contributed by atoms with Crippen LogP contribution in [0.4, 0.5) is 5.69 Å². The zero-order valence-electron chi connectivity index (χ0n) is 7.46. The minimum Gasteiger partial charge on any atom is -0.388 e. The lowest BCUT2D eigenvalue weighted by molar-refractivity contribution is 0.172. The third kappa shape index (κ3) is 0.923. The van der Waals surface area contributed by atoms with Crippen molar-refractivity contribution in [1.82, 2.24) is 0 Å². The van der Waals surface area contributed by atoms with Crippen LogP contribution in [0.25, 0.3) is 0 Å². The van der Waals surface area contributed by atoms with Crippen molar-refractivity contribution in [1.29, 1.82) is 0 Å². The average Bonchev–Trinajstić information content (AvgIpc) is 2.47. The van der Waals surface area contributed by atoms with Crippen molar-refractivity contribution in [3.63, 3.8) is 0 Å². The zero-order chi connectivity index (χ0) is 8.84. The van der Waals surface area contributed by atoms with Crippen molar-refractivity contribution in [3.05, 3.63) is 29.3 Å². The van der Waals surface area contributed by atoms with Gasteiger partial charge in [-0.1, -0.05) is 12.1 Å². The SMILES string of the molecule is O[C@H]1C[C@H]2CCNc3cccc1c32. The van der Waals surface area contributed by atoms with Crippen molar-refractivity contribution in [2.24, 2.45) is 0 Å². The van der Waals surface area contributed by atoms with E-state index in [2.05, 4.69) is 17.4 Å². The van der Waals surface area contributed by atoms with Gasteiger partial charge >= 0.3 is 0 Å². The predicted molar refractivity (Wildman–Crippen MR) is 51.9 cm³/mol. The van der Waals surface area contributed by atoms with Crippen LogP contribution < -0.4 is 5.32 Å². The molecule has 0 fully saturated rings. The summed E-state index contributed by atoms with van der Waals surface area (Å²) in [4.78, 5) is 0. The number of anilines is 1. The number of nitrogens with one attached hydrogen (secondary N) is 1. The van der Waals surface area contributed by atoms with Crippen LogP contribution in [-0.4, -0.2) is 11.7 Å². The summed E-state index contributed by atoms with van der Waals surface area (Å²) in [6.45, 7) is 1.05. The third-order valence-corrected chi connectivity index (χ3v) is 3.22. The highest BCUT2D eigenvalue weighted by atomic mass is 16.3. The van der Waals surface area contributed by atoms with Gasteiger partial charge in [0, 0.05) is 12.2 Å². The van der Waals surface area contributed by atoms with E-state index >= 15 is 0 Å². The summed E-state index contributed by atoms with van der Waals surface area (Å²) < 4.78 is 0. The van der Waals surface area contributed by atoms with Gasteiger partial charge in [-0.25, -0.2) is 0 Å². The number of aliphatic hydroxyl groups is 1. The summed E-state index contributed by atoms with van der Waals surface area (Å²) in [5, 5.41) is 13.2. The molecule has 13 heavy (non-hydrogen) atoms. The van der Waals surface area contributed by atoms with Crippen molar-refractivity contribution in [2.45, 2.75) is 24.9 Å². The molecule has 0 saturated heterocycles. The van der Waals surface area contributed by atoms with Gasteiger partial charge < -0.3 is 10.4 Å². The molecule has 1 aromatic carbocycles. The summed E-state index contributed by atoms with van der Waals surface area (Å²) in [7, 11) is 0. The van der Waals surface area contributed by atoms with Gasteiger partial charge in [-0.15, -0.1) is 0 Å². The minimum atomic E-state index is -0.222. The maximum absolute atomic E-state index is 9.81. The molecule has 2 aliphatic rings. The monoisotopic (exact) mass is 175 g/mol. The van der Waals surface area contributed by atoms with Gasteiger partial charge in [-0.05, 0) is 36.0 Å².